The van der Waals surface area contributed by atoms with Crippen LogP contribution in [0, 0.1) is 6.92 Å². The Hall–Kier alpha value is -2.36. The molecule has 0 radical (unpaired) electrons. The van der Waals surface area contributed by atoms with Crippen molar-refractivity contribution in [3.05, 3.63) is 53.9 Å². The predicted molar refractivity (Wildman–Crippen MR) is 78.9 cm³/mol. The summed E-state index contributed by atoms with van der Waals surface area (Å²) in [5, 5.41) is 2.83. The van der Waals surface area contributed by atoms with Crippen molar-refractivity contribution in [2.45, 2.75) is 19.8 Å². The lowest BCUT2D eigenvalue weighted by Crippen LogP contribution is -2.12. The first kappa shape index (κ1) is 14.1. The Kier molecular flexibility index (Phi) is 4.71. The third-order valence-electron chi connectivity index (χ3n) is 3.01. The van der Waals surface area contributed by atoms with E-state index in [2.05, 4.69) is 10.3 Å². The Bertz CT molecular complexity index is 579. The van der Waals surface area contributed by atoms with E-state index < -0.39 is 0 Å². The summed E-state index contributed by atoms with van der Waals surface area (Å²) in [7, 11) is 1.64. The zero-order valence-electron chi connectivity index (χ0n) is 11.7. The van der Waals surface area contributed by atoms with E-state index in [0.717, 1.165) is 22.7 Å². The molecule has 2 rings (SSSR count). The maximum atomic E-state index is 11.9. The SMILES string of the molecule is COc1ccccc1CCC(=O)Nc1ccc(C)nc1. The molecule has 0 bridgehead atoms. The number of rotatable bonds is 5. The van der Waals surface area contributed by atoms with Gasteiger partial charge in [0.2, 0.25) is 5.91 Å². The summed E-state index contributed by atoms with van der Waals surface area (Å²) in [6, 6.07) is 11.5. The highest BCUT2D eigenvalue weighted by Crippen LogP contribution is 2.19. The van der Waals surface area contributed by atoms with Gasteiger partial charge in [-0.3, -0.25) is 9.78 Å². The minimum absolute atomic E-state index is 0.0263. The van der Waals surface area contributed by atoms with E-state index in [1.165, 1.54) is 0 Å². The fraction of sp³-hybridized carbons (Fsp3) is 0.250. The molecule has 0 aliphatic rings. The molecule has 1 aromatic carbocycles. The largest absolute Gasteiger partial charge is 0.496 e. The van der Waals surface area contributed by atoms with Gasteiger partial charge in [0.05, 0.1) is 19.0 Å². The van der Waals surface area contributed by atoms with Crippen LogP contribution in [0.5, 0.6) is 5.75 Å². The number of aromatic nitrogens is 1. The fourth-order valence-electron chi connectivity index (χ4n) is 1.92. The van der Waals surface area contributed by atoms with Gasteiger partial charge in [0, 0.05) is 12.1 Å². The van der Waals surface area contributed by atoms with E-state index in [0.29, 0.717) is 12.8 Å². The van der Waals surface area contributed by atoms with Crippen LogP contribution in [0.4, 0.5) is 5.69 Å². The molecule has 0 unspecified atom stereocenters. The van der Waals surface area contributed by atoms with Crippen LogP contribution < -0.4 is 10.1 Å². The highest BCUT2D eigenvalue weighted by molar-refractivity contribution is 5.90. The normalized spacial score (nSPS) is 10.1. The van der Waals surface area contributed by atoms with Crippen molar-refractivity contribution in [1.82, 2.24) is 4.98 Å². The van der Waals surface area contributed by atoms with Gasteiger partial charge < -0.3 is 10.1 Å². The third-order valence-corrected chi connectivity index (χ3v) is 3.01. The number of amides is 1. The van der Waals surface area contributed by atoms with Crippen LogP contribution in [0.3, 0.4) is 0 Å². The molecule has 0 aliphatic heterocycles. The summed E-state index contributed by atoms with van der Waals surface area (Å²) >= 11 is 0. The van der Waals surface area contributed by atoms with Crippen molar-refractivity contribution in [2.75, 3.05) is 12.4 Å². The molecule has 104 valence electrons. The van der Waals surface area contributed by atoms with Crippen LogP contribution in [0.2, 0.25) is 0 Å². The molecule has 0 saturated carbocycles. The molecule has 1 aromatic heterocycles. The average Bonchev–Trinajstić information content (AvgIpc) is 2.48. The number of anilines is 1. The molecule has 20 heavy (non-hydrogen) atoms. The van der Waals surface area contributed by atoms with Gasteiger partial charge in [-0.2, -0.15) is 0 Å². The lowest BCUT2D eigenvalue weighted by atomic mass is 10.1. The van der Waals surface area contributed by atoms with Crippen molar-refractivity contribution in [1.29, 1.82) is 0 Å². The highest BCUT2D eigenvalue weighted by Gasteiger charge is 2.06. The Labute approximate surface area is 118 Å². The summed E-state index contributed by atoms with van der Waals surface area (Å²) in [6.07, 6.45) is 2.72. The zero-order valence-corrected chi connectivity index (χ0v) is 11.7. The average molecular weight is 270 g/mol. The summed E-state index contributed by atoms with van der Waals surface area (Å²) in [4.78, 5) is 16.0. The molecule has 0 atom stereocenters. The van der Waals surface area contributed by atoms with E-state index in [1.54, 1.807) is 13.3 Å². The Balaban J connectivity index is 1.90. The third kappa shape index (κ3) is 3.82. The van der Waals surface area contributed by atoms with Crippen LogP contribution in [-0.2, 0) is 11.2 Å². The monoisotopic (exact) mass is 270 g/mol. The molecule has 2 aromatic rings. The van der Waals surface area contributed by atoms with Gasteiger partial charge in [-0.15, -0.1) is 0 Å². The first-order chi connectivity index (χ1) is 9.69. The number of carbonyl (C=O) groups excluding carboxylic acids is 1. The van der Waals surface area contributed by atoms with Gasteiger partial charge in [0.15, 0.2) is 0 Å². The second-order valence-corrected chi connectivity index (χ2v) is 4.55. The van der Waals surface area contributed by atoms with E-state index in [4.69, 9.17) is 4.74 Å². The van der Waals surface area contributed by atoms with Crippen LogP contribution in [0.25, 0.3) is 0 Å². The number of benzene rings is 1. The molecule has 1 amide bonds. The fourth-order valence-corrected chi connectivity index (χ4v) is 1.92. The summed E-state index contributed by atoms with van der Waals surface area (Å²) < 4.78 is 5.27. The van der Waals surface area contributed by atoms with Crippen molar-refractivity contribution in [3.63, 3.8) is 0 Å². The Morgan fingerprint density at radius 2 is 2.05 bits per heavy atom. The van der Waals surface area contributed by atoms with Gasteiger partial charge in [-0.25, -0.2) is 0 Å². The maximum absolute atomic E-state index is 11.9. The topological polar surface area (TPSA) is 51.2 Å². The van der Waals surface area contributed by atoms with Crippen molar-refractivity contribution in [3.8, 4) is 5.75 Å². The van der Waals surface area contributed by atoms with E-state index in [9.17, 15) is 4.79 Å². The molecule has 0 aliphatic carbocycles. The van der Waals surface area contributed by atoms with E-state index >= 15 is 0 Å². The molecule has 4 nitrogen and oxygen atoms in total. The molecule has 1 heterocycles. The molecule has 1 N–H and O–H groups in total. The summed E-state index contributed by atoms with van der Waals surface area (Å²) in [5.41, 5.74) is 2.69. The molecule has 0 saturated heterocycles. The van der Waals surface area contributed by atoms with E-state index in [-0.39, 0.29) is 5.91 Å². The second-order valence-electron chi connectivity index (χ2n) is 4.55. The van der Waals surface area contributed by atoms with Crippen molar-refractivity contribution in [2.24, 2.45) is 0 Å². The van der Waals surface area contributed by atoms with Crippen molar-refractivity contribution >= 4 is 11.6 Å². The second kappa shape index (κ2) is 6.70. The summed E-state index contributed by atoms with van der Waals surface area (Å²) in [5.74, 6) is 0.791. The maximum Gasteiger partial charge on any atom is 0.224 e. The molecule has 0 fully saturated rings. The van der Waals surface area contributed by atoms with Gasteiger partial charge in [0.1, 0.15) is 5.75 Å². The first-order valence-corrected chi connectivity index (χ1v) is 6.53. The lowest BCUT2D eigenvalue weighted by molar-refractivity contribution is -0.116. The molecule has 0 spiro atoms. The van der Waals surface area contributed by atoms with Crippen LogP contribution in [0.1, 0.15) is 17.7 Å². The molecular weight excluding hydrogens is 252 g/mol. The molecular formula is C16H18N2O2. The Morgan fingerprint density at radius 1 is 1.25 bits per heavy atom. The standard InChI is InChI=1S/C16H18N2O2/c1-12-7-9-14(11-17-12)18-16(19)10-8-13-5-3-4-6-15(13)20-2/h3-7,9,11H,8,10H2,1-2H3,(H,18,19). The number of nitrogens with one attached hydrogen (secondary N) is 1. The number of pyridine rings is 1. The number of hydrogen-bond donors (Lipinski definition) is 1. The molecule has 4 heteroatoms. The Morgan fingerprint density at radius 3 is 2.75 bits per heavy atom. The van der Waals surface area contributed by atoms with Crippen molar-refractivity contribution < 1.29 is 9.53 Å². The smallest absolute Gasteiger partial charge is 0.224 e. The number of hydrogen-bond acceptors (Lipinski definition) is 3. The van der Waals surface area contributed by atoms with Crippen LogP contribution in [0.15, 0.2) is 42.6 Å². The van der Waals surface area contributed by atoms with Gasteiger partial charge >= 0.3 is 0 Å². The number of ether oxygens (including phenoxy) is 1. The number of carbonyl (C=O) groups is 1. The quantitative estimate of drug-likeness (QED) is 0.908. The highest BCUT2D eigenvalue weighted by atomic mass is 16.5. The predicted octanol–water partition coefficient (Wildman–Crippen LogP) is 2.97. The van der Waals surface area contributed by atoms with Gasteiger partial charge in [-0.1, -0.05) is 18.2 Å². The number of methoxy groups -OCH3 is 1. The van der Waals surface area contributed by atoms with Crippen LogP contribution >= 0.6 is 0 Å². The minimum atomic E-state index is -0.0263. The number of nitrogens with zero attached hydrogens (tertiary/aromatic N) is 1. The lowest BCUT2D eigenvalue weighted by Gasteiger charge is -2.08. The first-order valence-electron chi connectivity index (χ1n) is 6.53. The minimum Gasteiger partial charge on any atom is -0.496 e. The van der Waals surface area contributed by atoms with Gasteiger partial charge in [0.25, 0.3) is 0 Å². The van der Waals surface area contributed by atoms with Gasteiger partial charge in [-0.05, 0) is 37.1 Å². The van der Waals surface area contributed by atoms with Crippen LogP contribution in [-0.4, -0.2) is 18.0 Å². The summed E-state index contributed by atoms with van der Waals surface area (Å²) in [6.45, 7) is 1.91. The zero-order chi connectivity index (χ0) is 14.4. The number of para-hydroxylation sites is 1. The number of aryl methyl sites for hydroxylation is 2. The van der Waals surface area contributed by atoms with E-state index in [1.807, 2.05) is 43.3 Å².